The van der Waals surface area contributed by atoms with Crippen molar-refractivity contribution in [1.82, 2.24) is 24.6 Å². The van der Waals surface area contributed by atoms with Crippen LogP contribution in [0.4, 0.5) is 13.2 Å². The van der Waals surface area contributed by atoms with Crippen molar-refractivity contribution in [3.8, 4) is 17.1 Å². The minimum absolute atomic E-state index is 0.197. The van der Waals surface area contributed by atoms with Crippen LogP contribution >= 0.6 is 0 Å². The van der Waals surface area contributed by atoms with Crippen LogP contribution in [0.15, 0.2) is 57.9 Å². The average Bonchev–Trinajstić information content (AvgIpc) is 3.40. The number of furan rings is 1. The molecule has 3 aromatic heterocycles. The van der Waals surface area contributed by atoms with Gasteiger partial charge in [-0.3, -0.25) is 9.69 Å². The lowest BCUT2D eigenvalue weighted by molar-refractivity contribution is -0.145. The van der Waals surface area contributed by atoms with E-state index in [0.717, 1.165) is 17.0 Å². The Kier molecular flexibility index (Phi) is 5.16. The number of para-hydroxylation sites is 1. The third-order valence-corrected chi connectivity index (χ3v) is 5.59. The van der Waals surface area contributed by atoms with Gasteiger partial charge in [0.1, 0.15) is 11.5 Å². The Balaban J connectivity index is 1.46. The van der Waals surface area contributed by atoms with Gasteiger partial charge in [-0.15, -0.1) is 0 Å². The van der Waals surface area contributed by atoms with Crippen LogP contribution in [0.5, 0.6) is 0 Å². The lowest BCUT2D eigenvalue weighted by Gasteiger charge is -2.27. The van der Waals surface area contributed by atoms with Crippen molar-refractivity contribution in [2.24, 2.45) is 0 Å². The second kappa shape index (κ2) is 8.04. The molecule has 170 valence electrons. The summed E-state index contributed by atoms with van der Waals surface area (Å²) in [5.41, 5.74) is 2.16. The Morgan fingerprint density at radius 3 is 2.64 bits per heavy atom. The van der Waals surface area contributed by atoms with Crippen molar-refractivity contribution in [3.63, 3.8) is 0 Å². The fourth-order valence-corrected chi connectivity index (χ4v) is 4.00. The van der Waals surface area contributed by atoms with E-state index >= 15 is 0 Å². The number of fused-ring (bicyclic) bond motifs is 1. The van der Waals surface area contributed by atoms with E-state index in [1.54, 1.807) is 4.68 Å². The van der Waals surface area contributed by atoms with Gasteiger partial charge in [-0.25, -0.2) is 9.67 Å². The number of aromatic nitrogens is 4. The molecule has 0 bridgehead atoms. The Morgan fingerprint density at radius 2 is 1.94 bits per heavy atom. The van der Waals surface area contributed by atoms with Crippen LogP contribution in [-0.4, -0.2) is 31.2 Å². The van der Waals surface area contributed by atoms with Crippen LogP contribution < -0.4 is 5.56 Å². The molecule has 0 unspecified atom stereocenters. The zero-order valence-corrected chi connectivity index (χ0v) is 17.7. The van der Waals surface area contributed by atoms with Gasteiger partial charge in [-0.1, -0.05) is 18.2 Å². The number of H-pyrrole nitrogens is 1. The maximum absolute atomic E-state index is 13.0. The molecule has 1 aromatic carbocycles. The van der Waals surface area contributed by atoms with Gasteiger partial charge in [0.2, 0.25) is 5.82 Å². The second-order valence-corrected chi connectivity index (χ2v) is 7.99. The van der Waals surface area contributed by atoms with E-state index in [9.17, 15) is 18.0 Å². The highest BCUT2D eigenvalue weighted by molar-refractivity contribution is 5.58. The van der Waals surface area contributed by atoms with E-state index in [0.29, 0.717) is 24.5 Å². The lowest BCUT2D eigenvalue weighted by Crippen LogP contribution is -2.36. The molecule has 0 saturated heterocycles. The first-order chi connectivity index (χ1) is 15.8. The second-order valence-electron chi connectivity index (χ2n) is 7.99. The number of benzene rings is 1. The minimum atomic E-state index is -4.69. The Labute approximate surface area is 186 Å². The topological polar surface area (TPSA) is 80.0 Å². The summed E-state index contributed by atoms with van der Waals surface area (Å²) in [4.78, 5) is 19.9. The summed E-state index contributed by atoms with van der Waals surface area (Å²) >= 11 is 0. The molecule has 7 nitrogen and oxygen atoms in total. The molecule has 1 N–H and O–H groups in total. The SMILES string of the molecule is Cc1ccc(-c2nn(-c3ccccc3)cc2CN2CCc3nc(C(F)(F)F)[nH]c(=O)c3C2)o1. The molecule has 10 heteroatoms. The average molecular weight is 455 g/mol. The third kappa shape index (κ3) is 4.21. The first-order valence-electron chi connectivity index (χ1n) is 10.4. The normalized spacial score (nSPS) is 14.4. The van der Waals surface area contributed by atoms with Gasteiger partial charge in [0.15, 0.2) is 5.76 Å². The molecule has 0 fully saturated rings. The van der Waals surface area contributed by atoms with E-state index < -0.39 is 17.6 Å². The summed E-state index contributed by atoms with van der Waals surface area (Å²) < 4.78 is 46.5. The highest BCUT2D eigenvalue weighted by Crippen LogP contribution is 2.29. The molecule has 5 rings (SSSR count). The monoisotopic (exact) mass is 455 g/mol. The molecule has 4 aromatic rings. The molecule has 0 radical (unpaired) electrons. The van der Waals surface area contributed by atoms with Crippen LogP contribution in [0.1, 0.15) is 28.4 Å². The van der Waals surface area contributed by atoms with Gasteiger partial charge < -0.3 is 9.40 Å². The van der Waals surface area contributed by atoms with Crippen molar-refractivity contribution < 1.29 is 17.6 Å². The first kappa shape index (κ1) is 21.2. The summed E-state index contributed by atoms with van der Waals surface area (Å²) in [6.45, 7) is 2.96. The molecule has 0 spiro atoms. The highest BCUT2D eigenvalue weighted by Gasteiger charge is 2.36. The number of hydrogen-bond donors (Lipinski definition) is 1. The maximum Gasteiger partial charge on any atom is 0.449 e. The van der Waals surface area contributed by atoms with Crippen LogP contribution in [0.3, 0.4) is 0 Å². The summed E-state index contributed by atoms with van der Waals surface area (Å²) in [6, 6.07) is 13.4. The minimum Gasteiger partial charge on any atom is -0.460 e. The molecule has 0 atom stereocenters. The number of halogens is 3. The Bertz CT molecular complexity index is 1350. The van der Waals surface area contributed by atoms with Crippen molar-refractivity contribution in [2.45, 2.75) is 32.6 Å². The molecule has 1 aliphatic heterocycles. The summed E-state index contributed by atoms with van der Waals surface area (Å²) in [7, 11) is 0. The van der Waals surface area contributed by atoms with Crippen molar-refractivity contribution >= 4 is 0 Å². The van der Waals surface area contributed by atoms with Crippen LogP contribution in [0, 0.1) is 6.92 Å². The third-order valence-electron chi connectivity index (χ3n) is 5.59. The fourth-order valence-electron chi connectivity index (χ4n) is 4.00. The van der Waals surface area contributed by atoms with Crippen LogP contribution in [0.25, 0.3) is 17.1 Å². The number of nitrogens with one attached hydrogen (secondary N) is 1. The maximum atomic E-state index is 13.0. The standard InChI is InChI=1S/C23H20F3N5O2/c1-14-7-8-19(33-14)20-15(12-31(29-20)16-5-3-2-4-6-16)11-30-10-9-18-17(13-30)21(32)28-22(27-18)23(24,25)26/h2-8,12H,9-11,13H2,1H3,(H,27,28,32). The predicted molar refractivity (Wildman–Crippen MR) is 114 cm³/mol. The van der Waals surface area contributed by atoms with Gasteiger partial charge in [0.05, 0.1) is 16.9 Å². The van der Waals surface area contributed by atoms with Crippen molar-refractivity contribution in [3.05, 3.63) is 87.4 Å². The van der Waals surface area contributed by atoms with Gasteiger partial charge in [-0.05, 0) is 31.2 Å². The fraction of sp³-hybridized carbons (Fsp3) is 0.261. The molecular formula is C23H20F3N5O2. The van der Waals surface area contributed by atoms with E-state index in [1.165, 1.54) is 0 Å². The van der Waals surface area contributed by atoms with Crippen molar-refractivity contribution in [1.29, 1.82) is 0 Å². The number of rotatable bonds is 4. The number of nitrogens with zero attached hydrogens (tertiary/aromatic N) is 4. The number of alkyl halides is 3. The highest BCUT2D eigenvalue weighted by atomic mass is 19.4. The molecule has 0 amide bonds. The summed E-state index contributed by atoms with van der Waals surface area (Å²) in [5, 5.41) is 4.72. The quantitative estimate of drug-likeness (QED) is 0.501. The molecule has 0 aliphatic carbocycles. The lowest BCUT2D eigenvalue weighted by atomic mass is 10.1. The largest absolute Gasteiger partial charge is 0.460 e. The Hall–Kier alpha value is -3.66. The van der Waals surface area contributed by atoms with Crippen molar-refractivity contribution in [2.75, 3.05) is 6.54 Å². The zero-order valence-electron chi connectivity index (χ0n) is 17.7. The van der Waals surface area contributed by atoms with Gasteiger partial charge in [-0.2, -0.15) is 18.3 Å². The molecular weight excluding hydrogens is 435 g/mol. The predicted octanol–water partition coefficient (Wildman–Crippen LogP) is 4.10. The first-order valence-corrected chi connectivity index (χ1v) is 10.4. The zero-order chi connectivity index (χ0) is 23.2. The number of aryl methyl sites for hydroxylation is 1. The van der Waals surface area contributed by atoms with E-state index in [1.807, 2.05) is 65.5 Å². The van der Waals surface area contributed by atoms with Crippen LogP contribution in [-0.2, 0) is 25.7 Å². The summed E-state index contributed by atoms with van der Waals surface area (Å²) in [6.07, 6.45) is -2.52. The Morgan fingerprint density at radius 1 is 1.15 bits per heavy atom. The van der Waals surface area contributed by atoms with Gasteiger partial charge in [0, 0.05) is 37.8 Å². The molecule has 4 heterocycles. The number of hydrogen-bond acceptors (Lipinski definition) is 5. The summed E-state index contributed by atoms with van der Waals surface area (Å²) in [5.74, 6) is 0.137. The molecule has 0 saturated carbocycles. The van der Waals surface area contributed by atoms with Gasteiger partial charge in [0.25, 0.3) is 5.56 Å². The van der Waals surface area contributed by atoms with E-state index in [2.05, 4.69) is 4.98 Å². The van der Waals surface area contributed by atoms with Gasteiger partial charge >= 0.3 is 6.18 Å². The smallest absolute Gasteiger partial charge is 0.449 e. The van der Waals surface area contributed by atoms with E-state index in [4.69, 9.17) is 9.52 Å². The molecule has 33 heavy (non-hydrogen) atoms. The number of aromatic amines is 1. The molecule has 1 aliphatic rings. The van der Waals surface area contributed by atoms with Crippen LogP contribution in [0.2, 0.25) is 0 Å². The van der Waals surface area contributed by atoms with E-state index in [-0.39, 0.29) is 24.2 Å².